The Morgan fingerprint density at radius 2 is 2.42 bits per heavy atom. The summed E-state index contributed by atoms with van der Waals surface area (Å²) in [6.45, 7) is 8.12. The summed E-state index contributed by atoms with van der Waals surface area (Å²) in [6, 6.07) is 3.04. The third-order valence-electron chi connectivity index (χ3n) is 3.64. The molecule has 1 aliphatic heterocycles. The molecule has 0 amide bonds. The van der Waals surface area contributed by atoms with Crippen LogP contribution in [0.15, 0.2) is 12.3 Å². The lowest BCUT2D eigenvalue weighted by atomic mass is 10.2. The van der Waals surface area contributed by atoms with Gasteiger partial charge < -0.3 is 10.4 Å². The van der Waals surface area contributed by atoms with Crippen molar-refractivity contribution in [3.63, 3.8) is 0 Å². The van der Waals surface area contributed by atoms with Gasteiger partial charge in [0.05, 0.1) is 12.3 Å². The van der Waals surface area contributed by atoms with Crippen molar-refractivity contribution in [3.05, 3.63) is 18.0 Å². The van der Waals surface area contributed by atoms with Crippen LogP contribution in [0.1, 0.15) is 38.4 Å². The minimum absolute atomic E-state index is 0.206. The lowest BCUT2D eigenvalue weighted by molar-refractivity contribution is 0.177. The summed E-state index contributed by atoms with van der Waals surface area (Å²) in [4.78, 5) is 2.29. The first-order chi connectivity index (χ1) is 9.19. The lowest BCUT2D eigenvalue weighted by Gasteiger charge is -2.24. The number of aromatic nitrogens is 2. The highest BCUT2D eigenvalue weighted by molar-refractivity contribution is 4.99. The molecule has 1 saturated heterocycles. The molecule has 5 nitrogen and oxygen atoms in total. The lowest BCUT2D eigenvalue weighted by Crippen LogP contribution is -2.38. The van der Waals surface area contributed by atoms with E-state index in [-0.39, 0.29) is 6.61 Å². The predicted octanol–water partition coefficient (Wildman–Crippen LogP) is 1.01. The largest absolute Gasteiger partial charge is 0.395 e. The molecular weight excluding hydrogens is 240 g/mol. The topological polar surface area (TPSA) is 53.3 Å². The molecule has 0 radical (unpaired) electrons. The van der Waals surface area contributed by atoms with Crippen LogP contribution in [0.2, 0.25) is 0 Å². The highest BCUT2D eigenvalue weighted by Gasteiger charge is 2.18. The minimum atomic E-state index is 0.206. The summed E-state index contributed by atoms with van der Waals surface area (Å²) in [5.74, 6) is 0. The van der Waals surface area contributed by atoms with E-state index in [0.29, 0.717) is 18.6 Å². The number of hydrogen-bond donors (Lipinski definition) is 2. The number of aliphatic hydroxyl groups is 1. The number of aliphatic hydroxyl groups excluding tert-OH is 1. The average Bonchev–Trinajstić information content (AvgIpc) is 3.00. The maximum Gasteiger partial charge on any atom is 0.0764 e. The van der Waals surface area contributed by atoms with Crippen molar-refractivity contribution in [2.75, 3.05) is 26.2 Å². The van der Waals surface area contributed by atoms with Gasteiger partial charge in [-0.25, -0.2) is 0 Å². The van der Waals surface area contributed by atoms with Gasteiger partial charge in [-0.15, -0.1) is 0 Å². The first-order valence-electron chi connectivity index (χ1n) is 7.29. The summed E-state index contributed by atoms with van der Waals surface area (Å²) in [5, 5.41) is 17.3. The van der Waals surface area contributed by atoms with Crippen LogP contribution < -0.4 is 5.32 Å². The van der Waals surface area contributed by atoms with Crippen LogP contribution in [-0.2, 0) is 6.54 Å². The van der Waals surface area contributed by atoms with Gasteiger partial charge in [-0.1, -0.05) is 0 Å². The normalized spacial score (nSPS) is 19.7. The van der Waals surface area contributed by atoms with E-state index in [9.17, 15) is 5.11 Å². The van der Waals surface area contributed by atoms with E-state index < -0.39 is 0 Å². The highest BCUT2D eigenvalue weighted by Crippen LogP contribution is 2.10. The number of rotatable bonds is 7. The highest BCUT2D eigenvalue weighted by atomic mass is 16.3. The second kappa shape index (κ2) is 7.03. The van der Waals surface area contributed by atoms with E-state index in [0.717, 1.165) is 25.3 Å². The van der Waals surface area contributed by atoms with Crippen molar-refractivity contribution >= 4 is 0 Å². The molecule has 19 heavy (non-hydrogen) atoms. The van der Waals surface area contributed by atoms with Crippen molar-refractivity contribution in [1.82, 2.24) is 20.0 Å². The minimum Gasteiger partial charge on any atom is -0.395 e. The summed E-state index contributed by atoms with van der Waals surface area (Å²) in [7, 11) is 0. The SMILES string of the molecule is CC(C)n1ccc(CN(CCO)CC2CCCN2)n1. The van der Waals surface area contributed by atoms with Crippen molar-refractivity contribution in [1.29, 1.82) is 0 Å². The van der Waals surface area contributed by atoms with E-state index in [4.69, 9.17) is 0 Å². The maximum absolute atomic E-state index is 9.19. The molecule has 1 unspecified atom stereocenters. The first-order valence-corrected chi connectivity index (χ1v) is 7.29. The summed E-state index contributed by atoms with van der Waals surface area (Å²) in [5.41, 5.74) is 1.08. The van der Waals surface area contributed by atoms with E-state index in [2.05, 4.69) is 35.2 Å². The number of nitrogens with zero attached hydrogens (tertiary/aromatic N) is 3. The Kier molecular flexibility index (Phi) is 5.36. The predicted molar refractivity (Wildman–Crippen MR) is 76.0 cm³/mol. The molecule has 0 spiro atoms. The molecule has 0 saturated carbocycles. The Balaban J connectivity index is 1.90. The molecule has 2 heterocycles. The molecule has 108 valence electrons. The van der Waals surface area contributed by atoms with Crippen LogP contribution in [0, 0.1) is 0 Å². The van der Waals surface area contributed by atoms with Crippen molar-refractivity contribution in [2.45, 2.75) is 45.3 Å². The van der Waals surface area contributed by atoms with Gasteiger partial charge in [0.15, 0.2) is 0 Å². The van der Waals surface area contributed by atoms with Gasteiger partial charge in [-0.05, 0) is 39.3 Å². The summed E-state index contributed by atoms with van der Waals surface area (Å²) in [6.07, 6.45) is 4.53. The Hall–Kier alpha value is -0.910. The molecule has 1 fully saturated rings. The van der Waals surface area contributed by atoms with Crippen molar-refractivity contribution < 1.29 is 5.11 Å². The van der Waals surface area contributed by atoms with Crippen molar-refractivity contribution in [3.8, 4) is 0 Å². The molecule has 2 N–H and O–H groups in total. The third-order valence-corrected chi connectivity index (χ3v) is 3.64. The van der Waals surface area contributed by atoms with E-state index >= 15 is 0 Å². The summed E-state index contributed by atoms with van der Waals surface area (Å²) >= 11 is 0. The number of nitrogens with one attached hydrogen (secondary N) is 1. The van der Waals surface area contributed by atoms with Gasteiger partial charge >= 0.3 is 0 Å². The summed E-state index contributed by atoms with van der Waals surface area (Å²) < 4.78 is 1.99. The van der Waals surface area contributed by atoms with E-state index in [1.54, 1.807) is 0 Å². The van der Waals surface area contributed by atoms with Crippen LogP contribution >= 0.6 is 0 Å². The second-order valence-corrected chi connectivity index (χ2v) is 5.63. The monoisotopic (exact) mass is 266 g/mol. The van der Waals surface area contributed by atoms with Gasteiger partial charge in [0.2, 0.25) is 0 Å². The van der Waals surface area contributed by atoms with Crippen molar-refractivity contribution in [2.24, 2.45) is 0 Å². The molecule has 0 bridgehead atoms. The average molecular weight is 266 g/mol. The van der Waals surface area contributed by atoms with Crippen LogP contribution in [0.5, 0.6) is 0 Å². The van der Waals surface area contributed by atoms with Gasteiger partial charge in [0.1, 0.15) is 0 Å². The maximum atomic E-state index is 9.19. The first kappa shape index (κ1) is 14.5. The molecule has 1 aliphatic rings. The Labute approximate surface area is 115 Å². The van der Waals surface area contributed by atoms with E-state index in [1.165, 1.54) is 12.8 Å². The van der Waals surface area contributed by atoms with Gasteiger partial charge in [0.25, 0.3) is 0 Å². The van der Waals surface area contributed by atoms with Crippen LogP contribution in [0.3, 0.4) is 0 Å². The Morgan fingerprint density at radius 1 is 1.58 bits per heavy atom. The number of hydrogen-bond acceptors (Lipinski definition) is 4. The van der Waals surface area contributed by atoms with Crippen LogP contribution in [-0.4, -0.2) is 52.1 Å². The molecular formula is C14H26N4O. The zero-order chi connectivity index (χ0) is 13.7. The zero-order valence-electron chi connectivity index (χ0n) is 12.0. The Bertz CT molecular complexity index is 371. The fraction of sp³-hybridized carbons (Fsp3) is 0.786. The van der Waals surface area contributed by atoms with E-state index in [1.807, 2.05) is 10.9 Å². The smallest absolute Gasteiger partial charge is 0.0764 e. The molecule has 1 atom stereocenters. The molecule has 1 aromatic heterocycles. The molecule has 5 heteroatoms. The molecule has 1 aromatic rings. The third kappa shape index (κ3) is 4.30. The molecule has 0 aromatic carbocycles. The quantitative estimate of drug-likeness (QED) is 0.773. The van der Waals surface area contributed by atoms with Gasteiger partial charge in [0, 0.05) is 37.9 Å². The van der Waals surface area contributed by atoms with Crippen LogP contribution in [0.4, 0.5) is 0 Å². The molecule has 0 aliphatic carbocycles. The second-order valence-electron chi connectivity index (χ2n) is 5.63. The Morgan fingerprint density at radius 3 is 3.00 bits per heavy atom. The van der Waals surface area contributed by atoms with Gasteiger partial charge in [-0.3, -0.25) is 9.58 Å². The zero-order valence-corrected chi connectivity index (χ0v) is 12.0. The fourth-order valence-corrected chi connectivity index (χ4v) is 2.58. The fourth-order valence-electron chi connectivity index (χ4n) is 2.58. The van der Waals surface area contributed by atoms with Gasteiger partial charge in [-0.2, -0.15) is 5.10 Å². The van der Waals surface area contributed by atoms with Crippen LogP contribution in [0.25, 0.3) is 0 Å². The standard InChI is InChI=1S/C14H26N4O/c1-12(2)18-7-5-14(16-18)11-17(8-9-19)10-13-4-3-6-15-13/h5,7,12-13,15,19H,3-4,6,8-11H2,1-2H3. The molecule has 2 rings (SSSR count).